The zero-order valence-electron chi connectivity index (χ0n) is 4.17. The molecule has 0 aliphatic heterocycles. The van der Waals surface area contributed by atoms with Crippen molar-refractivity contribution in [2.45, 2.75) is 18.7 Å². The van der Waals surface area contributed by atoms with Crippen LogP contribution in [0.15, 0.2) is 0 Å². The Morgan fingerprint density at radius 3 is 2.29 bits per heavy atom. The molecule has 0 bridgehead atoms. The van der Waals surface area contributed by atoms with Gasteiger partial charge in [-0.1, -0.05) is 0 Å². The second-order valence-corrected chi connectivity index (χ2v) is 2.20. The summed E-state index contributed by atoms with van der Waals surface area (Å²) in [6.07, 6.45) is 1.35. The van der Waals surface area contributed by atoms with E-state index in [4.69, 9.17) is 10.2 Å². The van der Waals surface area contributed by atoms with E-state index in [1.807, 2.05) is 0 Å². The van der Waals surface area contributed by atoms with Crippen molar-refractivity contribution in [3.63, 3.8) is 0 Å². The molecule has 0 fully saturated rings. The van der Waals surface area contributed by atoms with Crippen LogP contribution >= 0.6 is 9.24 Å². The van der Waals surface area contributed by atoms with Crippen LogP contribution in [0.2, 0.25) is 0 Å². The molecule has 0 saturated carbocycles. The third-order valence-corrected chi connectivity index (χ3v) is 0.991. The number of hydrogen-bond acceptors (Lipinski definition) is 2. The van der Waals surface area contributed by atoms with Gasteiger partial charge in [-0.05, 0) is 12.8 Å². The van der Waals surface area contributed by atoms with Crippen molar-refractivity contribution in [1.82, 2.24) is 0 Å². The highest BCUT2D eigenvalue weighted by atomic mass is 31.0. The van der Waals surface area contributed by atoms with Crippen molar-refractivity contribution < 1.29 is 10.2 Å². The van der Waals surface area contributed by atoms with Gasteiger partial charge in [-0.3, -0.25) is 0 Å². The molecule has 2 nitrogen and oxygen atoms in total. The first-order valence-corrected chi connectivity index (χ1v) is 2.98. The van der Waals surface area contributed by atoms with E-state index in [1.165, 1.54) is 0 Å². The highest BCUT2D eigenvalue weighted by Crippen LogP contribution is 2.01. The molecule has 0 amide bonds. The van der Waals surface area contributed by atoms with Crippen molar-refractivity contribution in [3.05, 3.63) is 0 Å². The standard InChI is InChI=1S/C4H11O2P/c5-3-1-2-4(6)7/h4-6H,1-3,7H2. The van der Waals surface area contributed by atoms with E-state index in [9.17, 15) is 0 Å². The smallest absolute Gasteiger partial charge is 0.0674 e. The Morgan fingerprint density at radius 1 is 1.57 bits per heavy atom. The zero-order chi connectivity index (χ0) is 5.70. The lowest BCUT2D eigenvalue weighted by molar-refractivity contribution is 0.220. The molecule has 0 radical (unpaired) electrons. The van der Waals surface area contributed by atoms with Gasteiger partial charge in [0, 0.05) is 6.61 Å². The Balaban J connectivity index is 2.68. The van der Waals surface area contributed by atoms with Crippen LogP contribution in [0, 0.1) is 0 Å². The van der Waals surface area contributed by atoms with E-state index in [-0.39, 0.29) is 12.5 Å². The van der Waals surface area contributed by atoms with Crippen LogP contribution in [0.5, 0.6) is 0 Å². The van der Waals surface area contributed by atoms with E-state index in [2.05, 4.69) is 9.24 Å². The van der Waals surface area contributed by atoms with E-state index in [1.54, 1.807) is 0 Å². The van der Waals surface area contributed by atoms with Gasteiger partial charge >= 0.3 is 0 Å². The van der Waals surface area contributed by atoms with Crippen molar-refractivity contribution in [3.8, 4) is 0 Å². The molecular weight excluding hydrogens is 111 g/mol. The minimum Gasteiger partial charge on any atom is -0.396 e. The number of rotatable bonds is 3. The van der Waals surface area contributed by atoms with Gasteiger partial charge in [0.25, 0.3) is 0 Å². The Bertz CT molecular complexity index is 38.7. The van der Waals surface area contributed by atoms with Crippen LogP contribution in [0.4, 0.5) is 0 Å². The molecule has 3 heteroatoms. The molecule has 0 aromatic carbocycles. The van der Waals surface area contributed by atoms with Crippen LogP contribution in [0.1, 0.15) is 12.8 Å². The third-order valence-electron chi connectivity index (χ3n) is 0.658. The topological polar surface area (TPSA) is 40.5 Å². The lowest BCUT2D eigenvalue weighted by Gasteiger charge is -1.97. The molecule has 2 atom stereocenters. The lowest BCUT2D eigenvalue weighted by Crippen LogP contribution is -1.95. The van der Waals surface area contributed by atoms with E-state index >= 15 is 0 Å². The molecular formula is C4H11O2P. The first-order valence-electron chi connectivity index (χ1n) is 2.32. The largest absolute Gasteiger partial charge is 0.396 e. The summed E-state index contributed by atoms with van der Waals surface area (Å²) in [6.45, 7) is 0.172. The van der Waals surface area contributed by atoms with Gasteiger partial charge in [0.15, 0.2) is 0 Å². The Kier molecular flexibility index (Phi) is 4.73. The number of aliphatic hydroxyl groups excluding tert-OH is 2. The minimum absolute atomic E-state index is 0.172. The summed E-state index contributed by atoms with van der Waals surface area (Å²) in [5.41, 5.74) is 0. The fourth-order valence-corrected chi connectivity index (χ4v) is 0.536. The van der Waals surface area contributed by atoms with Crippen LogP contribution in [0.3, 0.4) is 0 Å². The van der Waals surface area contributed by atoms with Gasteiger partial charge < -0.3 is 10.2 Å². The van der Waals surface area contributed by atoms with Crippen molar-refractivity contribution in [2.75, 3.05) is 6.61 Å². The number of hydrogen-bond donors (Lipinski definition) is 2. The zero-order valence-corrected chi connectivity index (χ0v) is 5.33. The lowest BCUT2D eigenvalue weighted by atomic mass is 10.3. The van der Waals surface area contributed by atoms with Gasteiger partial charge in [0.2, 0.25) is 0 Å². The maximum atomic E-state index is 8.54. The summed E-state index contributed by atoms with van der Waals surface area (Å²) in [6, 6.07) is 0. The molecule has 2 N–H and O–H groups in total. The first-order chi connectivity index (χ1) is 3.27. The Hall–Kier alpha value is 0.350. The number of aliphatic hydroxyl groups is 2. The molecule has 0 aromatic heterocycles. The summed E-state index contributed by atoms with van der Waals surface area (Å²) in [7, 11) is 2.25. The van der Waals surface area contributed by atoms with E-state index in [0.29, 0.717) is 12.8 Å². The third kappa shape index (κ3) is 6.35. The second kappa shape index (κ2) is 4.51. The summed E-state index contributed by atoms with van der Waals surface area (Å²) in [4.78, 5) is 0. The first kappa shape index (κ1) is 7.35. The van der Waals surface area contributed by atoms with Gasteiger partial charge in [-0.2, -0.15) is 0 Å². The Labute approximate surface area is 45.8 Å². The summed E-state index contributed by atoms with van der Waals surface area (Å²) >= 11 is 0. The van der Waals surface area contributed by atoms with Crippen molar-refractivity contribution in [2.24, 2.45) is 0 Å². The van der Waals surface area contributed by atoms with Crippen molar-refractivity contribution >= 4 is 9.24 Å². The van der Waals surface area contributed by atoms with Crippen LogP contribution in [-0.2, 0) is 0 Å². The fraction of sp³-hybridized carbons (Fsp3) is 1.00. The molecule has 0 aromatic rings. The maximum absolute atomic E-state index is 8.54. The van der Waals surface area contributed by atoms with E-state index < -0.39 is 0 Å². The summed E-state index contributed by atoms with van der Waals surface area (Å²) in [5.74, 6) is -0.341. The predicted octanol–water partition coefficient (Wildman–Crippen LogP) is -0.0476. The molecule has 2 unspecified atom stereocenters. The van der Waals surface area contributed by atoms with Crippen LogP contribution in [0.25, 0.3) is 0 Å². The molecule has 0 rings (SSSR count). The molecule has 0 aliphatic carbocycles. The average Bonchev–Trinajstić information content (AvgIpc) is 1.61. The summed E-state index contributed by atoms with van der Waals surface area (Å²) < 4.78 is 0. The fourth-order valence-electron chi connectivity index (χ4n) is 0.300. The maximum Gasteiger partial charge on any atom is 0.0674 e. The monoisotopic (exact) mass is 122 g/mol. The molecule has 0 aliphatic rings. The highest BCUT2D eigenvalue weighted by Gasteiger charge is 1.91. The average molecular weight is 122 g/mol. The molecule has 0 heterocycles. The van der Waals surface area contributed by atoms with E-state index in [0.717, 1.165) is 0 Å². The second-order valence-electron chi connectivity index (χ2n) is 1.43. The van der Waals surface area contributed by atoms with Gasteiger partial charge in [-0.25, -0.2) is 0 Å². The molecule has 7 heavy (non-hydrogen) atoms. The molecule has 44 valence electrons. The van der Waals surface area contributed by atoms with Gasteiger partial charge in [0.1, 0.15) is 0 Å². The van der Waals surface area contributed by atoms with Gasteiger partial charge in [0.05, 0.1) is 5.85 Å². The molecule has 0 saturated heterocycles. The molecule has 0 spiro atoms. The van der Waals surface area contributed by atoms with Gasteiger partial charge in [-0.15, -0.1) is 9.24 Å². The SMILES string of the molecule is OCCCC(O)P. The minimum atomic E-state index is -0.341. The summed E-state index contributed by atoms with van der Waals surface area (Å²) in [5, 5.41) is 16.7. The predicted molar refractivity (Wildman–Crippen MR) is 32.0 cm³/mol. The normalized spacial score (nSPS) is 14.1. The quantitative estimate of drug-likeness (QED) is 0.515. The highest BCUT2D eigenvalue weighted by molar-refractivity contribution is 7.17. The van der Waals surface area contributed by atoms with Crippen LogP contribution < -0.4 is 0 Å². The van der Waals surface area contributed by atoms with Crippen molar-refractivity contribution in [1.29, 1.82) is 0 Å². The van der Waals surface area contributed by atoms with Crippen LogP contribution in [-0.4, -0.2) is 22.7 Å². The Morgan fingerprint density at radius 2 is 2.14 bits per heavy atom.